The summed E-state index contributed by atoms with van der Waals surface area (Å²) in [4.78, 5) is 19.1. The number of carbonyl (C=O) groups excluding carboxylic acids is 1. The largest absolute Gasteiger partial charge is 0.451 e. The molecule has 1 amide bonds. The number of benzene rings is 2. The lowest BCUT2D eigenvalue weighted by atomic mass is 10.1. The summed E-state index contributed by atoms with van der Waals surface area (Å²) < 4.78 is 78.1. The second-order valence-corrected chi connectivity index (χ2v) is 6.71. The zero-order valence-electron chi connectivity index (χ0n) is 14.3. The number of rotatable bonds is 4. The Balaban J connectivity index is 1.82. The van der Waals surface area contributed by atoms with Crippen LogP contribution in [0, 0.1) is 0 Å². The van der Waals surface area contributed by atoms with Crippen LogP contribution in [-0.2, 0) is 17.1 Å². The van der Waals surface area contributed by atoms with Crippen molar-refractivity contribution in [3.05, 3.63) is 59.9 Å². The van der Waals surface area contributed by atoms with Gasteiger partial charge in [-0.05, 0) is 18.2 Å². The van der Waals surface area contributed by atoms with Crippen LogP contribution in [0.1, 0.15) is 11.4 Å². The number of amides is 1. The number of aromatic nitrogens is 2. The molecule has 0 saturated heterocycles. The van der Waals surface area contributed by atoms with E-state index in [4.69, 9.17) is 0 Å². The zero-order valence-corrected chi connectivity index (χ0v) is 15.1. The van der Waals surface area contributed by atoms with E-state index in [9.17, 15) is 31.1 Å². The molecule has 3 aromatic rings. The van der Waals surface area contributed by atoms with Gasteiger partial charge in [0, 0.05) is 5.39 Å². The van der Waals surface area contributed by atoms with Gasteiger partial charge in [-0.3, -0.25) is 4.79 Å². The number of fused-ring (bicyclic) bond motifs is 1. The molecular weight excluding hydrogens is 420 g/mol. The van der Waals surface area contributed by atoms with Gasteiger partial charge in [0.1, 0.15) is 5.03 Å². The Morgan fingerprint density at radius 2 is 1.55 bits per heavy atom. The van der Waals surface area contributed by atoms with Crippen molar-refractivity contribution in [2.75, 3.05) is 11.1 Å². The first-order chi connectivity index (χ1) is 13.6. The monoisotopic (exact) mass is 431 g/mol. The van der Waals surface area contributed by atoms with Crippen LogP contribution < -0.4 is 5.32 Å². The van der Waals surface area contributed by atoms with Gasteiger partial charge in [-0.25, -0.2) is 9.97 Å². The fourth-order valence-electron chi connectivity index (χ4n) is 2.44. The van der Waals surface area contributed by atoms with Gasteiger partial charge in [-0.15, -0.1) is 0 Å². The quantitative estimate of drug-likeness (QED) is 0.342. The predicted octanol–water partition coefficient (Wildman–Crippen LogP) is 5.40. The summed E-state index contributed by atoms with van der Waals surface area (Å²) in [5.74, 6) is -2.62. The van der Waals surface area contributed by atoms with Crippen molar-refractivity contribution in [3.63, 3.8) is 0 Å². The van der Waals surface area contributed by atoms with E-state index in [0.717, 1.165) is 12.1 Å². The van der Waals surface area contributed by atoms with Crippen LogP contribution in [0.25, 0.3) is 10.9 Å². The van der Waals surface area contributed by atoms with E-state index < -0.39 is 41.1 Å². The number of nitrogens with one attached hydrogen (secondary N) is 1. The third-order valence-electron chi connectivity index (χ3n) is 3.67. The summed E-state index contributed by atoms with van der Waals surface area (Å²) in [7, 11) is 0. The number of nitrogens with zero attached hydrogens (tertiary/aromatic N) is 2. The molecule has 0 aliphatic heterocycles. The van der Waals surface area contributed by atoms with Gasteiger partial charge in [0.15, 0.2) is 0 Å². The summed E-state index contributed by atoms with van der Waals surface area (Å²) in [6.45, 7) is 0. The molecule has 3 rings (SSSR count). The SMILES string of the molecule is O=C(CSc1nc(C(F)(F)F)nc2ccccc12)Nc1ccccc1C(F)(F)F. The maximum absolute atomic E-state index is 13.0. The molecule has 1 aromatic heterocycles. The highest BCUT2D eigenvalue weighted by Crippen LogP contribution is 2.35. The van der Waals surface area contributed by atoms with E-state index in [2.05, 4.69) is 15.3 Å². The first-order valence-electron chi connectivity index (χ1n) is 7.98. The number of anilines is 1. The summed E-state index contributed by atoms with van der Waals surface area (Å²) in [6.07, 6.45) is -9.45. The Morgan fingerprint density at radius 1 is 0.897 bits per heavy atom. The van der Waals surface area contributed by atoms with Gasteiger partial charge < -0.3 is 5.32 Å². The van der Waals surface area contributed by atoms with Gasteiger partial charge in [0.05, 0.1) is 22.5 Å². The Hall–Kier alpha value is -2.82. The number of halogens is 6. The highest BCUT2D eigenvalue weighted by molar-refractivity contribution is 8.00. The number of para-hydroxylation sites is 2. The second kappa shape index (κ2) is 7.90. The summed E-state index contributed by atoms with van der Waals surface area (Å²) in [5, 5.41) is 2.34. The van der Waals surface area contributed by atoms with Crippen molar-refractivity contribution in [1.82, 2.24) is 9.97 Å². The van der Waals surface area contributed by atoms with E-state index in [1.807, 2.05) is 0 Å². The van der Waals surface area contributed by atoms with Crippen molar-refractivity contribution in [2.24, 2.45) is 0 Å². The molecule has 11 heteroatoms. The van der Waals surface area contributed by atoms with E-state index in [1.54, 1.807) is 6.07 Å². The molecule has 0 aliphatic rings. The molecule has 0 radical (unpaired) electrons. The molecule has 29 heavy (non-hydrogen) atoms. The van der Waals surface area contributed by atoms with Crippen LogP contribution in [0.5, 0.6) is 0 Å². The number of thioether (sulfide) groups is 1. The van der Waals surface area contributed by atoms with Gasteiger partial charge in [0.2, 0.25) is 11.7 Å². The molecule has 0 spiro atoms. The highest BCUT2D eigenvalue weighted by atomic mass is 32.2. The molecule has 1 N–H and O–H groups in total. The molecule has 0 bridgehead atoms. The number of alkyl halides is 6. The topological polar surface area (TPSA) is 54.9 Å². The van der Waals surface area contributed by atoms with Crippen LogP contribution in [0.15, 0.2) is 53.6 Å². The molecule has 0 atom stereocenters. The first-order valence-corrected chi connectivity index (χ1v) is 8.97. The summed E-state index contributed by atoms with van der Waals surface area (Å²) in [6, 6.07) is 10.4. The Bertz CT molecular complexity index is 1050. The Labute approximate surface area is 164 Å². The average Bonchev–Trinajstić information content (AvgIpc) is 2.64. The van der Waals surface area contributed by atoms with E-state index in [0.29, 0.717) is 17.1 Å². The molecule has 0 aliphatic carbocycles. The highest BCUT2D eigenvalue weighted by Gasteiger charge is 2.36. The van der Waals surface area contributed by atoms with Crippen LogP contribution in [0.2, 0.25) is 0 Å². The Kier molecular flexibility index (Phi) is 5.69. The molecule has 0 unspecified atom stereocenters. The van der Waals surface area contributed by atoms with Gasteiger partial charge in [-0.2, -0.15) is 26.3 Å². The number of carbonyl (C=O) groups is 1. The van der Waals surface area contributed by atoms with Gasteiger partial charge in [-0.1, -0.05) is 42.1 Å². The lowest BCUT2D eigenvalue weighted by Crippen LogP contribution is -2.18. The third kappa shape index (κ3) is 4.97. The minimum Gasteiger partial charge on any atom is -0.325 e. The van der Waals surface area contributed by atoms with E-state index in [-0.39, 0.29) is 10.5 Å². The average molecular weight is 431 g/mol. The number of hydrogen-bond donors (Lipinski definition) is 1. The van der Waals surface area contributed by atoms with Crippen molar-refractivity contribution in [3.8, 4) is 0 Å². The second-order valence-electron chi connectivity index (χ2n) is 5.75. The van der Waals surface area contributed by atoms with Crippen LogP contribution in [0.4, 0.5) is 32.0 Å². The molecule has 0 fully saturated rings. The fourth-order valence-corrected chi connectivity index (χ4v) is 3.26. The molecule has 4 nitrogen and oxygen atoms in total. The van der Waals surface area contributed by atoms with Crippen molar-refractivity contribution in [2.45, 2.75) is 17.4 Å². The molecule has 1 heterocycles. The lowest BCUT2D eigenvalue weighted by molar-refractivity contribution is -0.145. The Morgan fingerprint density at radius 3 is 2.24 bits per heavy atom. The van der Waals surface area contributed by atoms with Crippen LogP contribution in [0.3, 0.4) is 0 Å². The number of hydrogen-bond acceptors (Lipinski definition) is 4. The smallest absolute Gasteiger partial charge is 0.325 e. The molecule has 0 saturated carbocycles. The third-order valence-corrected chi connectivity index (χ3v) is 4.66. The van der Waals surface area contributed by atoms with Crippen molar-refractivity contribution in [1.29, 1.82) is 0 Å². The first kappa shape index (κ1) is 20.9. The maximum atomic E-state index is 13.0. The molecular formula is C18H11F6N3OS. The van der Waals surface area contributed by atoms with Crippen LogP contribution in [-0.4, -0.2) is 21.6 Å². The van der Waals surface area contributed by atoms with Gasteiger partial charge in [0.25, 0.3) is 0 Å². The van der Waals surface area contributed by atoms with Crippen LogP contribution >= 0.6 is 11.8 Å². The lowest BCUT2D eigenvalue weighted by Gasteiger charge is -2.13. The minimum atomic E-state index is -4.78. The van der Waals surface area contributed by atoms with Crippen molar-refractivity contribution >= 4 is 34.3 Å². The summed E-state index contributed by atoms with van der Waals surface area (Å²) >= 11 is 0.676. The van der Waals surface area contributed by atoms with Gasteiger partial charge >= 0.3 is 12.4 Å². The van der Waals surface area contributed by atoms with E-state index >= 15 is 0 Å². The molecule has 152 valence electrons. The summed E-state index contributed by atoms with van der Waals surface area (Å²) in [5.41, 5.74) is -1.42. The zero-order chi connectivity index (χ0) is 21.2. The van der Waals surface area contributed by atoms with E-state index in [1.165, 1.54) is 30.3 Å². The standard InChI is InChI=1S/C18H11F6N3OS/c19-17(20,21)11-6-2-4-8-13(11)25-14(28)9-29-15-10-5-1-3-7-12(10)26-16(27-15)18(22,23)24/h1-8H,9H2,(H,25,28). The molecule has 2 aromatic carbocycles. The minimum absolute atomic E-state index is 0.0418. The normalized spacial score (nSPS) is 12.2. The van der Waals surface area contributed by atoms with Crippen molar-refractivity contribution < 1.29 is 31.1 Å². The maximum Gasteiger partial charge on any atom is 0.451 e. The fraction of sp³-hybridized carbons (Fsp3) is 0.167. The predicted molar refractivity (Wildman–Crippen MR) is 95.3 cm³/mol.